The predicted molar refractivity (Wildman–Crippen MR) is 69.3 cm³/mol. The lowest BCUT2D eigenvalue weighted by Gasteiger charge is -2.27. The Morgan fingerprint density at radius 3 is 2.25 bits per heavy atom. The van der Waals surface area contributed by atoms with Crippen LogP contribution in [-0.2, 0) is 4.79 Å². The number of hydrogen-bond acceptors (Lipinski definition) is 1. The SMILES string of the molecule is Cc1ccccc1N(C(=O)C(C)Cl)C(C)Cl. The van der Waals surface area contributed by atoms with Gasteiger partial charge in [0.05, 0.1) is 0 Å². The molecule has 88 valence electrons. The first-order valence-electron chi connectivity index (χ1n) is 5.12. The van der Waals surface area contributed by atoms with Gasteiger partial charge < -0.3 is 0 Å². The highest BCUT2D eigenvalue weighted by atomic mass is 35.5. The quantitative estimate of drug-likeness (QED) is 0.601. The number of carbonyl (C=O) groups excluding carboxylic acids is 1. The minimum Gasteiger partial charge on any atom is -0.294 e. The highest BCUT2D eigenvalue weighted by Gasteiger charge is 2.24. The molecule has 2 unspecified atom stereocenters. The van der Waals surface area contributed by atoms with E-state index in [4.69, 9.17) is 23.2 Å². The number of para-hydroxylation sites is 1. The van der Waals surface area contributed by atoms with Crippen molar-refractivity contribution in [3.05, 3.63) is 29.8 Å². The molecule has 2 nitrogen and oxygen atoms in total. The highest BCUT2D eigenvalue weighted by molar-refractivity contribution is 6.34. The molecule has 0 bridgehead atoms. The number of benzene rings is 1. The fourth-order valence-corrected chi connectivity index (χ4v) is 1.82. The van der Waals surface area contributed by atoms with E-state index < -0.39 is 10.9 Å². The van der Waals surface area contributed by atoms with Crippen molar-refractivity contribution in [2.24, 2.45) is 0 Å². The molecule has 0 spiro atoms. The Kier molecular flexibility index (Phi) is 4.63. The van der Waals surface area contributed by atoms with Crippen molar-refractivity contribution in [2.45, 2.75) is 31.6 Å². The maximum Gasteiger partial charge on any atom is 0.246 e. The van der Waals surface area contributed by atoms with Gasteiger partial charge in [0.2, 0.25) is 5.91 Å². The molecule has 0 aliphatic heterocycles. The van der Waals surface area contributed by atoms with Crippen LogP contribution in [-0.4, -0.2) is 16.8 Å². The van der Waals surface area contributed by atoms with E-state index in [9.17, 15) is 4.79 Å². The standard InChI is InChI=1S/C12H15Cl2NO/c1-8-6-4-5-7-11(8)15(10(3)14)12(16)9(2)13/h4-7,9-10H,1-3H3. The molecule has 0 fully saturated rings. The van der Waals surface area contributed by atoms with Crippen LogP contribution in [0.1, 0.15) is 19.4 Å². The second-order valence-electron chi connectivity index (χ2n) is 3.68. The van der Waals surface area contributed by atoms with Crippen molar-refractivity contribution in [2.75, 3.05) is 4.90 Å². The third-order valence-corrected chi connectivity index (χ3v) is 2.69. The number of hydrogen-bond donors (Lipinski definition) is 0. The van der Waals surface area contributed by atoms with Gasteiger partial charge in [0.15, 0.2) is 0 Å². The van der Waals surface area contributed by atoms with E-state index in [2.05, 4.69) is 0 Å². The summed E-state index contributed by atoms with van der Waals surface area (Å²) in [4.78, 5) is 13.5. The number of anilines is 1. The molecular formula is C12H15Cl2NO. The minimum absolute atomic E-state index is 0.182. The lowest BCUT2D eigenvalue weighted by molar-refractivity contribution is -0.118. The summed E-state index contributed by atoms with van der Waals surface area (Å²) in [6.45, 7) is 5.34. The summed E-state index contributed by atoms with van der Waals surface area (Å²) in [6, 6.07) is 7.60. The summed E-state index contributed by atoms with van der Waals surface area (Å²) in [5.41, 5.74) is 1.39. The Hall–Kier alpha value is -0.730. The van der Waals surface area contributed by atoms with Gasteiger partial charge in [-0.1, -0.05) is 29.8 Å². The summed E-state index contributed by atoms with van der Waals surface area (Å²) >= 11 is 11.9. The second-order valence-corrected chi connectivity index (χ2v) is 4.97. The first kappa shape index (κ1) is 13.3. The molecule has 0 N–H and O–H groups in total. The van der Waals surface area contributed by atoms with Crippen molar-refractivity contribution >= 4 is 34.8 Å². The van der Waals surface area contributed by atoms with E-state index in [1.54, 1.807) is 13.8 Å². The van der Waals surface area contributed by atoms with E-state index >= 15 is 0 Å². The van der Waals surface area contributed by atoms with Gasteiger partial charge in [-0.25, -0.2) is 0 Å². The smallest absolute Gasteiger partial charge is 0.246 e. The summed E-state index contributed by atoms with van der Waals surface area (Å²) < 4.78 is 0. The fraction of sp³-hybridized carbons (Fsp3) is 0.417. The van der Waals surface area contributed by atoms with Crippen LogP contribution in [0.3, 0.4) is 0 Å². The van der Waals surface area contributed by atoms with Gasteiger partial charge in [0, 0.05) is 5.69 Å². The molecule has 4 heteroatoms. The molecule has 0 heterocycles. The van der Waals surface area contributed by atoms with Crippen LogP contribution in [0.2, 0.25) is 0 Å². The van der Waals surface area contributed by atoms with Crippen molar-refractivity contribution in [1.29, 1.82) is 0 Å². The van der Waals surface area contributed by atoms with Gasteiger partial charge in [0.1, 0.15) is 10.9 Å². The van der Waals surface area contributed by atoms with Gasteiger partial charge in [0.25, 0.3) is 0 Å². The lowest BCUT2D eigenvalue weighted by atomic mass is 10.1. The molecule has 1 rings (SSSR count). The largest absolute Gasteiger partial charge is 0.294 e. The Bertz CT molecular complexity index is 377. The van der Waals surface area contributed by atoms with E-state index in [1.165, 1.54) is 4.90 Å². The monoisotopic (exact) mass is 259 g/mol. The summed E-state index contributed by atoms with van der Waals surface area (Å²) in [6.07, 6.45) is 0. The molecule has 2 atom stereocenters. The van der Waals surface area contributed by atoms with Gasteiger partial charge in [-0.2, -0.15) is 0 Å². The van der Waals surface area contributed by atoms with Crippen LogP contribution in [0.15, 0.2) is 24.3 Å². The zero-order valence-electron chi connectivity index (χ0n) is 9.58. The molecule has 0 aliphatic rings. The van der Waals surface area contributed by atoms with Crippen LogP contribution in [0.4, 0.5) is 5.69 Å². The Balaban J connectivity index is 3.13. The number of aryl methyl sites for hydroxylation is 1. The molecule has 0 aromatic heterocycles. The van der Waals surface area contributed by atoms with Crippen LogP contribution in [0.25, 0.3) is 0 Å². The van der Waals surface area contributed by atoms with Gasteiger partial charge in [-0.3, -0.25) is 9.69 Å². The number of nitrogens with zero attached hydrogens (tertiary/aromatic N) is 1. The van der Waals surface area contributed by atoms with Gasteiger partial charge in [-0.15, -0.1) is 11.6 Å². The average molecular weight is 260 g/mol. The first-order chi connectivity index (χ1) is 7.45. The molecule has 0 saturated heterocycles. The topological polar surface area (TPSA) is 20.3 Å². The van der Waals surface area contributed by atoms with E-state index in [0.717, 1.165) is 11.3 Å². The minimum atomic E-state index is -0.583. The maximum atomic E-state index is 11.9. The van der Waals surface area contributed by atoms with E-state index in [-0.39, 0.29) is 5.91 Å². The highest BCUT2D eigenvalue weighted by Crippen LogP contribution is 2.24. The normalized spacial score (nSPS) is 14.3. The number of carbonyl (C=O) groups is 1. The van der Waals surface area contributed by atoms with E-state index in [1.807, 2.05) is 31.2 Å². The van der Waals surface area contributed by atoms with E-state index in [0.29, 0.717) is 0 Å². The third kappa shape index (κ3) is 2.89. The fourth-order valence-electron chi connectivity index (χ4n) is 1.51. The van der Waals surface area contributed by atoms with Crippen molar-refractivity contribution < 1.29 is 4.79 Å². The molecule has 16 heavy (non-hydrogen) atoms. The molecule has 1 amide bonds. The molecule has 0 saturated carbocycles. The van der Waals surface area contributed by atoms with Crippen molar-refractivity contribution in [3.63, 3.8) is 0 Å². The molecule has 1 aromatic carbocycles. The summed E-state index contributed by atoms with van der Waals surface area (Å²) in [5, 5.41) is -0.583. The number of rotatable bonds is 3. The van der Waals surface area contributed by atoms with Gasteiger partial charge >= 0.3 is 0 Å². The third-order valence-electron chi connectivity index (χ3n) is 2.31. The zero-order chi connectivity index (χ0) is 12.3. The second kappa shape index (κ2) is 5.55. The molecule has 1 aromatic rings. The summed E-state index contributed by atoms with van der Waals surface area (Å²) in [7, 11) is 0. The Labute approximate surface area is 106 Å². The number of amides is 1. The van der Waals surface area contributed by atoms with Crippen LogP contribution in [0, 0.1) is 6.92 Å². The molecule has 0 aliphatic carbocycles. The molecule has 0 radical (unpaired) electrons. The Morgan fingerprint density at radius 1 is 1.25 bits per heavy atom. The molecular weight excluding hydrogens is 245 g/mol. The zero-order valence-corrected chi connectivity index (χ0v) is 11.1. The summed E-state index contributed by atoms with van der Waals surface area (Å²) in [5.74, 6) is -0.182. The lowest BCUT2D eigenvalue weighted by Crippen LogP contribution is -2.40. The van der Waals surface area contributed by atoms with Crippen molar-refractivity contribution in [1.82, 2.24) is 0 Å². The average Bonchev–Trinajstić information content (AvgIpc) is 2.20. The van der Waals surface area contributed by atoms with Gasteiger partial charge in [-0.05, 0) is 32.4 Å². The van der Waals surface area contributed by atoms with Crippen molar-refractivity contribution in [3.8, 4) is 0 Å². The maximum absolute atomic E-state index is 11.9. The Morgan fingerprint density at radius 2 is 1.81 bits per heavy atom. The first-order valence-corrected chi connectivity index (χ1v) is 5.99. The van der Waals surface area contributed by atoms with Crippen LogP contribution < -0.4 is 4.90 Å². The van der Waals surface area contributed by atoms with Crippen LogP contribution >= 0.6 is 23.2 Å². The van der Waals surface area contributed by atoms with Crippen LogP contribution in [0.5, 0.6) is 0 Å². The number of alkyl halides is 2. The predicted octanol–water partition coefficient (Wildman–Crippen LogP) is 3.54. The number of halogens is 2.